The minimum atomic E-state index is -4.40. The summed E-state index contributed by atoms with van der Waals surface area (Å²) < 4.78 is 55.5. The zero-order valence-electron chi connectivity index (χ0n) is 22.4. The van der Waals surface area contributed by atoms with Crippen LogP contribution in [0.5, 0.6) is 17.2 Å². The number of benzene rings is 2. The van der Waals surface area contributed by atoms with Crippen LogP contribution in [0.3, 0.4) is 0 Å². The van der Waals surface area contributed by atoms with E-state index >= 15 is 0 Å². The third kappa shape index (κ3) is 5.53. The Hall–Kier alpha value is -4.27. The lowest BCUT2D eigenvalue weighted by molar-refractivity contribution is 0.0601. The zero-order chi connectivity index (χ0) is 29.9. The van der Waals surface area contributed by atoms with Crippen LogP contribution in [0.15, 0.2) is 57.3 Å². The molecule has 0 unspecified atom stereocenters. The number of hydrogen-bond acceptors (Lipinski definition) is 11. The van der Waals surface area contributed by atoms with Crippen molar-refractivity contribution >= 4 is 62.1 Å². The predicted octanol–water partition coefficient (Wildman–Crippen LogP) is 5.29. The molecule has 0 saturated heterocycles. The van der Waals surface area contributed by atoms with Crippen molar-refractivity contribution in [3.05, 3.63) is 69.0 Å². The Morgan fingerprint density at radius 2 is 1.68 bits per heavy atom. The first-order valence-electron chi connectivity index (χ1n) is 11.6. The lowest BCUT2D eigenvalue weighted by Crippen LogP contribution is -2.29. The number of aryl methyl sites for hydroxylation is 1. The van der Waals surface area contributed by atoms with Crippen molar-refractivity contribution in [3.63, 3.8) is 0 Å². The van der Waals surface area contributed by atoms with E-state index in [0.717, 1.165) is 16.2 Å². The minimum Gasteiger partial charge on any atom is -0.493 e. The number of para-hydroxylation sites is 1. The van der Waals surface area contributed by atoms with Gasteiger partial charge in [-0.2, -0.15) is 0 Å². The normalized spacial score (nSPS) is 11.1. The maximum Gasteiger partial charge on any atom is 0.339 e. The van der Waals surface area contributed by atoms with Gasteiger partial charge in [0.05, 0.1) is 45.4 Å². The van der Waals surface area contributed by atoms with Crippen LogP contribution in [0.4, 0.5) is 17.3 Å². The fourth-order valence-corrected chi connectivity index (χ4v) is 6.45. The van der Waals surface area contributed by atoms with Gasteiger partial charge in [0.15, 0.2) is 11.5 Å². The summed E-state index contributed by atoms with van der Waals surface area (Å²) in [6.45, 7) is 1.54. The van der Waals surface area contributed by atoms with Gasteiger partial charge in [-0.1, -0.05) is 28.9 Å². The molecule has 0 saturated carbocycles. The second-order valence-corrected chi connectivity index (χ2v) is 11.1. The number of sulfonamides is 1. The Morgan fingerprint density at radius 3 is 2.29 bits per heavy atom. The van der Waals surface area contributed by atoms with Gasteiger partial charge in [-0.05, 0) is 42.6 Å². The Bertz CT molecular complexity index is 1720. The van der Waals surface area contributed by atoms with Crippen molar-refractivity contribution in [2.24, 2.45) is 0 Å². The summed E-state index contributed by atoms with van der Waals surface area (Å²) in [7, 11) is 1.00. The molecule has 0 bridgehead atoms. The number of halogens is 1. The Morgan fingerprint density at radius 1 is 0.976 bits per heavy atom. The Balaban J connectivity index is 1.94. The molecule has 12 nitrogen and oxygen atoms in total. The fourth-order valence-electron chi connectivity index (χ4n) is 3.93. The predicted molar refractivity (Wildman–Crippen MR) is 152 cm³/mol. The number of nitrogens with zero attached hydrogens (tertiary/aromatic N) is 2. The summed E-state index contributed by atoms with van der Waals surface area (Å²) in [5.41, 5.74) is 0.527. The highest BCUT2D eigenvalue weighted by molar-refractivity contribution is 7.93. The largest absolute Gasteiger partial charge is 0.493 e. The summed E-state index contributed by atoms with van der Waals surface area (Å²) in [5.74, 6) is -1.27. The number of esters is 1. The molecule has 0 spiro atoms. The molecule has 4 rings (SSSR count). The number of nitrogens with one attached hydrogen (secondary N) is 1. The van der Waals surface area contributed by atoms with E-state index in [2.05, 4.69) is 9.88 Å². The highest BCUT2D eigenvalue weighted by atomic mass is 35.5. The first kappa shape index (κ1) is 29.7. The van der Waals surface area contributed by atoms with E-state index in [0.29, 0.717) is 5.75 Å². The molecule has 1 amide bonds. The number of carbonyl (C=O) groups is 2. The Kier molecular flexibility index (Phi) is 8.75. The quantitative estimate of drug-likeness (QED) is 0.232. The number of thiophene rings is 1. The number of anilines is 3. The topological polar surface area (TPSA) is 146 Å². The number of aromatic nitrogens is 1. The van der Waals surface area contributed by atoms with Crippen LogP contribution in [0, 0.1) is 6.92 Å². The molecule has 15 heteroatoms. The lowest BCUT2D eigenvalue weighted by Gasteiger charge is -2.27. The van der Waals surface area contributed by atoms with Crippen molar-refractivity contribution in [3.8, 4) is 17.2 Å². The number of amides is 1. The first-order valence-corrected chi connectivity index (χ1v) is 14.4. The SMILES string of the molecule is COC(=O)c1ccccc1N(C(=O)c1sccc1S(=O)(=O)Nc1onc(C)c1Cl)c1ccc(OC)c(OC)c1OC. The van der Waals surface area contributed by atoms with Crippen LogP contribution >= 0.6 is 22.9 Å². The van der Waals surface area contributed by atoms with Crippen LogP contribution in [-0.2, 0) is 14.8 Å². The molecule has 2 aromatic carbocycles. The monoisotopic (exact) mass is 621 g/mol. The molecule has 0 aliphatic heterocycles. The summed E-state index contributed by atoms with van der Waals surface area (Å²) in [5, 5.41) is 5.05. The van der Waals surface area contributed by atoms with Gasteiger partial charge in [0, 0.05) is 0 Å². The number of methoxy groups -OCH3 is 4. The highest BCUT2D eigenvalue weighted by Gasteiger charge is 2.34. The van der Waals surface area contributed by atoms with Gasteiger partial charge < -0.3 is 23.5 Å². The third-order valence-electron chi connectivity index (χ3n) is 5.81. The van der Waals surface area contributed by atoms with Crippen molar-refractivity contribution in [1.82, 2.24) is 5.16 Å². The lowest BCUT2D eigenvalue weighted by atomic mass is 10.1. The third-order valence-corrected chi connectivity index (χ3v) is 8.66. The van der Waals surface area contributed by atoms with Crippen molar-refractivity contribution in [1.29, 1.82) is 0 Å². The van der Waals surface area contributed by atoms with E-state index in [1.807, 2.05) is 0 Å². The summed E-state index contributed by atoms with van der Waals surface area (Å²) in [4.78, 5) is 27.7. The summed E-state index contributed by atoms with van der Waals surface area (Å²) in [6, 6.07) is 10.5. The van der Waals surface area contributed by atoms with Gasteiger partial charge in [-0.15, -0.1) is 11.3 Å². The van der Waals surface area contributed by atoms with E-state index in [9.17, 15) is 18.0 Å². The number of carbonyl (C=O) groups excluding carboxylic acids is 2. The number of rotatable bonds is 10. The van der Waals surface area contributed by atoms with Gasteiger partial charge >= 0.3 is 5.97 Å². The van der Waals surface area contributed by atoms with Crippen molar-refractivity contribution in [2.45, 2.75) is 11.8 Å². The average Bonchev–Trinajstić information content (AvgIpc) is 3.60. The fraction of sp³-hybridized carbons (Fsp3) is 0.192. The second-order valence-electron chi connectivity index (χ2n) is 8.13. The molecule has 2 aromatic heterocycles. The molecular weight excluding hydrogens is 598 g/mol. The molecule has 4 aromatic rings. The highest BCUT2D eigenvalue weighted by Crippen LogP contribution is 2.47. The summed E-state index contributed by atoms with van der Waals surface area (Å²) in [6.07, 6.45) is 0. The Labute approximate surface area is 244 Å². The second kappa shape index (κ2) is 12.1. The summed E-state index contributed by atoms with van der Waals surface area (Å²) >= 11 is 6.97. The van der Waals surface area contributed by atoms with E-state index in [1.165, 1.54) is 65.0 Å². The van der Waals surface area contributed by atoms with Gasteiger partial charge in [0.25, 0.3) is 21.8 Å². The molecule has 2 heterocycles. The van der Waals surface area contributed by atoms with Gasteiger partial charge in [-0.3, -0.25) is 9.69 Å². The number of ether oxygens (including phenoxy) is 4. The van der Waals surface area contributed by atoms with Crippen LogP contribution in [0.25, 0.3) is 0 Å². The molecule has 0 atom stereocenters. The van der Waals surface area contributed by atoms with Crippen LogP contribution in [0.1, 0.15) is 25.7 Å². The maximum absolute atomic E-state index is 14.4. The van der Waals surface area contributed by atoms with Crippen molar-refractivity contribution in [2.75, 3.05) is 38.1 Å². The molecular formula is C26H24ClN3O9S2. The average molecular weight is 622 g/mol. The van der Waals surface area contributed by atoms with Gasteiger partial charge in [-0.25, -0.2) is 17.9 Å². The zero-order valence-corrected chi connectivity index (χ0v) is 24.8. The van der Waals surface area contributed by atoms with Gasteiger partial charge in [0.1, 0.15) is 20.5 Å². The number of hydrogen-bond donors (Lipinski definition) is 1. The van der Waals surface area contributed by atoms with Crippen molar-refractivity contribution < 1.29 is 41.5 Å². The van der Waals surface area contributed by atoms with Gasteiger partial charge in [0.2, 0.25) is 5.75 Å². The minimum absolute atomic E-state index is 0.0274. The van der Waals surface area contributed by atoms with E-state index in [4.69, 9.17) is 35.1 Å². The van der Waals surface area contributed by atoms with E-state index in [-0.39, 0.29) is 54.8 Å². The van der Waals surface area contributed by atoms with E-state index < -0.39 is 21.9 Å². The van der Waals surface area contributed by atoms with E-state index in [1.54, 1.807) is 18.2 Å². The molecule has 0 radical (unpaired) electrons. The van der Waals surface area contributed by atoms with Crippen LogP contribution < -0.4 is 23.8 Å². The maximum atomic E-state index is 14.4. The van der Waals surface area contributed by atoms with Crippen LogP contribution in [-0.4, -0.2) is 53.9 Å². The molecule has 0 aliphatic rings. The van der Waals surface area contributed by atoms with Crippen LogP contribution in [0.2, 0.25) is 5.02 Å². The molecule has 41 heavy (non-hydrogen) atoms. The molecule has 216 valence electrons. The smallest absolute Gasteiger partial charge is 0.339 e. The molecule has 0 fully saturated rings. The standard InChI is InChI=1S/C26H24ClN3O9S2/c1-14-20(27)24(39-28-14)29-41(33,34)19-12-13-40-23(19)25(31)30(16-9-7-6-8-15(16)26(32)38-5)17-10-11-18(35-2)22(37-4)21(17)36-3/h6-13,29H,1-5H3. The molecule has 0 aliphatic carbocycles. The molecule has 1 N–H and O–H groups in total. The first-order chi connectivity index (χ1) is 19.6.